The Balaban J connectivity index is 2.04. The zero-order chi connectivity index (χ0) is 12.4. The van der Waals surface area contributed by atoms with Gasteiger partial charge in [-0.25, -0.2) is 0 Å². The van der Waals surface area contributed by atoms with Gasteiger partial charge in [-0.05, 0) is 46.7 Å². The molecule has 3 aromatic rings. The van der Waals surface area contributed by atoms with Gasteiger partial charge in [0.2, 0.25) is 0 Å². The van der Waals surface area contributed by atoms with Crippen LogP contribution >= 0.6 is 23.6 Å². The second-order valence-corrected chi connectivity index (χ2v) is 4.95. The van der Waals surface area contributed by atoms with E-state index in [1.807, 2.05) is 22.8 Å². The summed E-state index contributed by atoms with van der Waals surface area (Å²) in [6.07, 6.45) is 1.75. The molecule has 0 radical (unpaired) electrons. The molecule has 0 spiro atoms. The second kappa shape index (κ2) is 4.83. The molecule has 1 N–H and O–H groups in total. The van der Waals surface area contributed by atoms with E-state index in [4.69, 9.17) is 12.2 Å². The van der Waals surface area contributed by atoms with Crippen molar-refractivity contribution in [3.63, 3.8) is 0 Å². The van der Waals surface area contributed by atoms with E-state index in [0.717, 1.165) is 11.5 Å². The Morgan fingerprint density at radius 1 is 1.33 bits per heavy atom. The highest BCUT2D eigenvalue weighted by Crippen LogP contribution is 2.16. The molecule has 0 unspecified atom stereocenters. The molecule has 90 valence electrons. The Hall–Kier alpha value is -1.79. The molecular weight excluding hydrogens is 264 g/mol. The first kappa shape index (κ1) is 11.3. The molecule has 0 bridgehead atoms. The molecule has 0 aliphatic carbocycles. The molecule has 0 amide bonds. The summed E-state index contributed by atoms with van der Waals surface area (Å²) in [6, 6.07) is 7.83. The smallest absolute Gasteiger partial charge is 0.195 e. The summed E-state index contributed by atoms with van der Waals surface area (Å²) in [5.41, 5.74) is 2.04. The van der Waals surface area contributed by atoms with E-state index in [0.29, 0.717) is 11.3 Å². The first-order valence-corrected chi connectivity index (χ1v) is 6.77. The lowest BCUT2D eigenvalue weighted by atomic mass is 10.3. The highest BCUT2D eigenvalue weighted by molar-refractivity contribution is 7.71. The Morgan fingerprint density at radius 3 is 3.00 bits per heavy atom. The van der Waals surface area contributed by atoms with Crippen LogP contribution in [0, 0.1) is 4.77 Å². The SMILES string of the molecule is S=c1[nH]nc(-c2ccccn2)n1Cc1ccsc1. The number of aromatic amines is 1. The van der Waals surface area contributed by atoms with Crippen LogP contribution in [-0.4, -0.2) is 19.7 Å². The van der Waals surface area contributed by atoms with Gasteiger partial charge >= 0.3 is 0 Å². The van der Waals surface area contributed by atoms with Crippen molar-refractivity contribution in [2.24, 2.45) is 0 Å². The number of nitrogens with one attached hydrogen (secondary N) is 1. The lowest BCUT2D eigenvalue weighted by molar-refractivity contribution is 0.790. The third-order valence-corrected chi connectivity index (χ3v) is 3.62. The Labute approximate surface area is 113 Å². The third kappa shape index (κ3) is 2.12. The maximum Gasteiger partial charge on any atom is 0.195 e. The number of nitrogens with zero attached hydrogens (tertiary/aromatic N) is 3. The van der Waals surface area contributed by atoms with Gasteiger partial charge in [-0.1, -0.05) is 6.07 Å². The molecule has 0 aromatic carbocycles. The standard InChI is InChI=1S/C12H10N4S2/c17-12-15-14-11(10-3-1-2-5-13-10)16(12)7-9-4-6-18-8-9/h1-6,8H,7H2,(H,15,17). The number of hydrogen-bond donors (Lipinski definition) is 1. The number of rotatable bonds is 3. The van der Waals surface area contributed by atoms with E-state index in [1.54, 1.807) is 17.5 Å². The molecule has 0 saturated heterocycles. The monoisotopic (exact) mass is 274 g/mol. The summed E-state index contributed by atoms with van der Waals surface area (Å²) in [6.45, 7) is 0.713. The van der Waals surface area contributed by atoms with Crippen molar-refractivity contribution in [2.75, 3.05) is 0 Å². The number of aromatic nitrogens is 4. The van der Waals surface area contributed by atoms with Gasteiger partial charge in [0, 0.05) is 6.20 Å². The van der Waals surface area contributed by atoms with E-state index < -0.39 is 0 Å². The van der Waals surface area contributed by atoms with Crippen LogP contribution < -0.4 is 0 Å². The number of pyridine rings is 1. The Morgan fingerprint density at radius 2 is 2.28 bits per heavy atom. The fourth-order valence-corrected chi connectivity index (χ4v) is 2.58. The molecular formula is C12H10N4S2. The lowest BCUT2D eigenvalue weighted by Crippen LogP contribution is -2.02. The predicted octanol–water partition coefficient (Wildman–Crippen LogP) is 3.11. The summed E-state index contributed by atoms with van der Waals surface area (Å²) in [5, 5.41) is 11.2. The number of hydrogen-bond acceptors (Lipinski definition) is 4. The predicted molar refractivity (Wildman–Crippen MR) is 74.1 cm³/mol. The van der Waals surface area contributed by atoms with Gasteiger partial charge in [0.1, 0.15) is 5.69 Å². The maximum atomic E-state index is 5.27. The number of H-pyrrole nitrogens is 1. The average molecular weight is 274 g/mol. The first-order chi connectivity index (χ1) is 8.84. The summed E-state index contributed by atoms with van der Waals surface area (Å²) < 4.78 is 2.57. The van der Waals surface area contributed by atoms with Crippen LogP contribution in [0.25, 0.3) is 11.5 Å². The molecule has 0 aliphatic heterocycles. The molecule has 0 saturated carbocycles. The lowest BCUT2D eigenvalue weighted by Gasteiger charge is -2.04. The van der Waals surface area contributed by atoms with Crippen LogP contribution in [0.3, 0.4) is 0 Å². The second-order valence-electron chi connectivity index (χ2n) is 3.79. The molecule has 0 fully saturated rings. The zero-order valence-electron chi connectivity index (χ0n) is 9.41. The fourth-order valence-electron chi connectivity index (χ4n) is 1.72. The Bertz CT molecular complexity index is 682. The minimum atomic E-state index is 0.613. The van der Waals surface area contributed by atoms with E-state index >= 15 is 0 Å². The van der Waals surface area contributed by atoms with Crippen molar-refractivity contribution >= 4 is 23.6 Å². The summed E-state index contributed by atoms with van der Waals surface area (Å²) >= 11 is 6.94. The topological polar surface area (TPSA) is 46.5 Å². The third-order valence-electron chi connectivity index (χ3n) is 2.57. The average Bonchev–Trinajstić information content (AvgIpc) is 3.03. The molecule has 3 aromatic heterocycles. The molecule has 6 heteroatoms. The molecule has 3 rings (SSSR count). The van der Waals surface area contributed by atoms with Gasteiger partial charge in [-0.15, -0.1) is 0 Å². The maximum absolute atomic E-state index is 5.27. The highest BCUT2D eigenvalue weighted by Gasteiger charge is 2.10. The van der Waals surface area contributed by atoms with Gasteiger partial charge in [0.05, 0.1) is 6.54 Å². The summed E-state index contributed by atoms with van der Waals surface area (Å²) in [4.78, 5) is 4.31. The van der Waals surface area contributed by atoms with E-state index in [-0.39, 0.29) is 0 Å². The largest absolute Gasteiger partial charge is 0.294 e. The number of thiophene rings is 1. The molecule has 0 atom stereocenters. The van der Waals surface area contributed by atoms with E-state index in [1.165, 1.54) is 5.56 Å². The van der Waals surface area contributed by atoms with Crippen molar-refractivity contribution in [2.45, 2.75) is 6.54 Å². The van der Waals surface area contributed by atoms with Crippen molar-refractivity contribution in [3.05, 3.63) is 51.6 Å². The fraction of sp³-hybridized carbons (Fsp3) is 0.0833. The van der Waals surface area contributed by atoms with Crippen molar-refractivity contribution < 1.29 is 0 Å². The highest BCUT2D eigenvalue weighted by atomic mass is 32.1. The van der Waals surface area contributed by atoms with Gasteiger partial charge in [-0.3, -0.25) is 14.6 Å². The van der Waals surface area contributed by atoms with E-state index in [9.17, 15) is 0 Å². The van der Waals surface area contributed by atoms with Gasteiger partial charge in [0.15, 0.2) is 10.6 Å². The first-order valence-electron chi connectivity index (χ1n) is 5.42. The zero-order valence-corrected chi connectivity index (χ0v) is 11.0. The van der Waals surface area contributed by atoms with Gasteiger partial charge < -0.3 is 0 Å². The molecule has 3 heterocycles. The summed E-state index contributed by atoms with van der Waals surface area (Å²) in [7, 11) is 0. The van der Waals surface area contributed by atoms with Crippen LogP contribution in [0.2, 0.25) is 0 Å². The molecule has 4 nitrogen and oxygen atoms in total. The van der Waals surface area contributed by atoms with E-state index in [2.05, 4.69) is 32.0 Å². The minimum Gasteiger partial charge on any atom is -0.294 e. The van der Waals surface area contributed by atoms with Gasteiger partial charge in [0.25, 0.3) is 0 Å². The normalized spacial score (nSPS) is 10.7. The van der Waals surface area contributed by atoms with Crippen molar-refractivity contribution in [3.8, 4) is 11.5 Å². The van der Waals surface area contributed by atoms with Crippen LogP contribution in [0.1, 0.15) is 5.56 Å². The van der Waals surface area contributed by atoms with Crippen LogP contribution in [0.5, 0.6) is 0 Å². The quantitative estimate of drug-likeness (QED) is 0.746. The van der Waals surface area contributed by atoms with Crippen LogP contribution in [0.15, 0.2) is 41.2 Å². The van der Waals surface area contributed by atoms with Crippen LogP contribution in [0.4, 0.5) is 0 Å². The minimum absolute atomic E-state index is 0.613. The van der Waals surface area contributed by atoms with Crippen molar-refractivity contribution in [1.29, 1.82) is 0 Å². The van der Waals surface area contributed by atoms with Crippen LogP contribution in [-0.2, 0) is 6.54 Å². The molecule has 0 aliphatic rings. The summed E-state index contributed by atoms with van der Waals surface area (Å²) in [5.74, 6) is 0.770. The van der Waals surface area contributed by atoms with Crippen molar-refractivity contribution in [1.82, 2.24) is 19.7 Å². The molecule has 18 heavy (non-hydrogen) atoms. The Kier molecular flexibility index (Phi) is 3.04. The van der Waals surface area contributed by atoms with Gasteiger partial charge in [-0.2, -0.15) is 16.4 Å².